The van der Waals surface area contributed by atoms with Crippen molar-refractivity contribution in [1.29, 1.82) is 0 Å². The molecule has 3 heteroatoms. The molecule has 0 atom stereocenters. The van der Waals surface area contributed by atoms with E-state index >= 15 is 0 Å². The molecule has 0 aromatic heterocycles. The summed E-state index contributed by atoms with van der Waals surface area (Å²) in [6.45, 7) is 3.76. The third-order valence-electron chi connectivity index (χ3n) is 4.63. The SMILES string of the molecule is Cc1ccc(C2(O)CCN(C)CC2)c(-c2cccc(F)c2)c1. The Morgan fingerprint density at radius 2 is 1.82 bits per heavy atom. The fourth-order valence-corrected chi connectivity index (χ4v) is 3.22. The normalized spacial score (nSPS) is 18.4. The number of rotatable bonds is 2. The van der Waals surface area contributed by atoms with Gasteiger partial charge >= 0.3 is 0 Å². The molecule has 2 aromatic rings. The summed E-state index contributed by atoms with van der Waals surface area (Å²) in [5.41, 5.74) is 2.95. The number of aliphatic hydroxyl groups is 1. The molecular formula is C19H22FNO. The third kappa shape index (κ3) is 2.92. The smallest absolute Gasteiger partial charge is 0.123 e. The van der Waals surface area contributed by atoms with Gasteiger partial charge in [0.15, 0.2) is 0 Å². The number of halogens is 1. The zero-order valence-corrected chi connectivity index (χ0v) is 13.1. The number of aryl methyl sites for hydroxylation is 1. The first-order valence-corrected chi connectivity index (χ1v) is 7.76. The first-order valence-electron chi connectivity index (χ1n) is 7.76. The van der Waals surface area contributed by atoms with Crippen molar-refractivity contribution in [3.63, 3.8) is 0 Å². The van der Waals surface area contributed by atoms with Gasteiger partial charge in [-0.2, -0.15) is 0 Å². The molecule has 2 nitrogen and oxygen atoms in total. The minimum atomic E-state index is -0.831. The molecule has 1 heterocycles. The molecule has 116 valence electrons. The molecule has 22 heavy (non-hydrogen) atoms. The zero-order chi connectivity index (χ0) is 15.7. The molecule has 0 spiro atoms. The molecule has 1 fully saturated rings. The van der Waals surface area contributed by atoms with Crippen LogP contribution in [0.3, 0.4) is 0 Å². The number of benzene rings is 2. The summed E-state index contributed by atoms with van der Waals surface area (Å²) in [5, 5.41) is 11.1. The fraction of sp³-hybridized carbons (Fsp3) is 0.368. The van der Waals surface area contributed by atoms with Crippen LogP contribution >= 0.6 is 0 Å². The summed E-state index contributed by atoms with van der Waals surface area (Å²) in [6, 6.07) is 12.7. The highest BCUT2D eigenvalue weighted by Crippen LogP contribution is 2.39. The van der Waals surface area contributed by atoms with Gasteiger partial charge in [-0.15, -0.1) is 0 Å². The Morgan fingerprint density at radius 3 is 2.50 bits per heavy atom. The molecule has 0 unspecified atom stereocenters. The highest BCUT2D eigenvalue weighted by Gasteiger charge is 2.34. The van der Waals surface area contributed by atoms with Crippen LogP contribution in [0.1, 0.15) is 24.0 Å². The summed E-state index contributed by atoms with van der Waals surface area (Å²) in [7, 11) is 2.07. The van der Waals surface area contributed by atoms with Gasteiger partial charge in [0.1, 0.15) is 5.82 Å². The topological polar surface area (TPSA) is 23.5 Å². The molecule has 1 aliphatic rings. The number of hydrogen-bond acceptors (Lipinski definition) is 2. The fourth-order valence-electron chi connectivity index (χ4n) is 3.22. The molecule has 1 aliphatic heterocycles. The second-order valence-corrected chi connectivity index (χ2v) is 6.39. The van der Waals surface area contributed by atoms with E-state index < -0.39 is 5.60 Å². The van der Waals surface area contributed by atoms with E-state index in [1.807, 2.05) is 31.2 Å². The van der Waals surface area contributed by atoms with Crippen molar-refractivity contribution < 1.29 is 9.50 Å². The van der Waals surface area contributed by atoms with Crippen LogP contribution < -0.4 is 0 Å². The van der Waals surface area contributed by atoms with Crippen molar-refractivity contribution in [3.8, 4) is 11.1 Å². The Hall–Kier alpha value is -1.71. The Morgan fingerprint density at radius 1 is 1.09 bits per heavy atom. The summed E-state index contributed by atoms with van der Waals surface area (Å²) in [5.74, 6) is -0.250. The van der Waals surface area contributed by atoms with Gasteiger partial charge in [0.25, 0.3) is 0 Å². The molecule has 0 amide bonds. The number of nitrogens with zero attached hydrogens (tertiary/aromatic N) is 1. The van der Waals surface area contributed by atoms with Gasteiger partial charge in [0.2, 0.25) is 0 Å². The summed E-state index contributed by atoms with van der Waals surface area (Å²) in [6.07, 6.45) is 1.41. The number of piperidine rings is 1. The average molecular weight is 299 g/mol. The van der Waals surface area contributed by atoms with Gasteiger partial charge in [0.05, 0.1) is 5.60 Å². The van der Waals surface area contributed by atoms with Crippen molar-refractivity contribution >= 4 is 0 Å². The summed E-state index contributed by atoms with van der Waals surface area (Å²) >= 11 is 0. The van der Waals surface area contributed by atoms with Crippen LogP contribution in [-0.2, 0) is 5.60 Å². The number of likely N-dealkylation sites (tertiary alicyclic amines) is 1. The lowest BCUT2D eigenvalue weighted by molar-refractivity contribution is -0.0198. The molecule has 1 N–H and O–H groups in total. The molecule has 0 radical (unpaired) electrons. The van der Waals surface area contributed by atoms with E-state index in [-0.39, 0.29) is 5.82 Å². The van der Waals surface area contributed by atoms with Crippen LogP contribution in [0.15, 0.2) is 42.5 Å². The van der Waals surface area contributed by atoms with Gasteiger partial charge in [-0.3, -0.25) is 0 Å². The first kappa shape index (κ1) is 15.2. The van der Waals surface area contributed by atoms with E-state index in [1.54, 1.807) is 6.07 Å². The number of hydrogen-bond donors (Lipinski definition) is 1. The summed E-state index contributed by atoms with van der Waals surface area (Å²) in [4.78, 5) is 2.23. The predicted octanol–water partition coefficient (Wildman–Crippen LogP) is 3.71. The minimum Gasteiger partial charge on any atom is -0.385 e. The lowest BCUT2D eigenvalue weighted by Crippen LogP contribution is -2.41. The van der Waals surface area contributed by atoms with Crippen molar-refractivity contribution in [3.05, 3.63) is 59.4 Å². The zero-order valence-electron chi connectivity index (χ0n) is 13.1. The minimum absolute atomic E-state index is 0.250. The second kappa shape index (κ2) is 5.82. The molecule has 3 rings (SSSR count). The van der Waals surface area contributed by atoms with Crippen LogP contribution in [0.5, 0.6) is 0 Å². The highest BCUT2D eigenvalue weighted by molar-refractivity contribution is 5.69. The van der Waals surface area contributed by atoms with E-state index in [9.17, 15) is 9.50 Å². The lowest BCUT2D eigenvalue weighted by Gasteiger charge is -2.38. The van der Waals surface area contributed by atoms with E-state index in [0.717, 1.165) is 35.3 Å². The van der Waals surface area contributed by atoms with Crippen LogP contribution in [0, 0.1) is 12.7 Å². The Balaban J connectivity index is 2.09. The van der Waals surface area contributed by atoms with E-state index in [0.29, 0.717) is 12.8 Å². The Kier molecular flexibility index (Phi) is 4.02. The van der Waals surface area contributed by atoms with E-state index in [2.05, 4.69) is 11.9 Å². The maximum atomic E-state index is 13.6. The quantitative estimate of drug-likeness (QED) is 0.913. The lowest BCUT2D eigenvalue weighted by atomic mass is 9.80. The molecule has 1 saturated heterocycles. The van der Waals surface area contributed by atoms with Crippen molar-refractivity contribution in [1.82, 2.24) is 4.90 Å². The van der Waals surface area contributed by atoms with Crippen LogP contribution in [0.25, 0.3) is 11.1 Å². The monoisotopic (exact) mass is 299 g/mol. The standard InChI is InChI=1S/C19H22FNO/c1-14-6-7-18(19(22)8-10-21(2)11-9-19)17(12-14)15-4-3-5-16(20)13-15/h3-7,12-13,22H,8-11H2,1-2H3. The largest absolute Gasteiger partial charge is 0.385 e. The maximum Gasteiger partial charge on any atom is 0.123 e. The Bertz CT molecular complexity index is 675. The Labute approximate surface area is 131 Å². The summed E-state index contributed by atoms with van der Waals surface area (Å²) < 4.78 is 13.6. The van der Waals surface area contributed by atoms with Crippen molar-refractivity contribution in [2.24, 2.45) is 0 Å². The molecule has 2 aromatic carbocycles. The average Bonchev–Trinajstić information content (AvgIpc) is 2.50. The van der Waals surface area contributed by atoms with E-state index in [1.165, 1.54) is 12.1 Å². The van der Waals surface area contributed by atoms with Crippen molar-refractivity contribution in [2.45, 2.75) is 25.4 Å². The third-order valence-corrected chi connectivity index (χ3v) is 4.63. The van der Waals surface area contributed by atoms with Gasteiger partial charge in [-0.1, -0.05) is 35.9 Å². The molecular weight excluding hydrogens is 277 g/mol. The first-order chi connectivity index (χ1) is 10.5. The van der Waals surface area contributed by atoms with Gasteiger partial charge in [-0.05, 0) is 55.6 Å². The molecule has 0 saturated carbocycles. The predicted molar refractivity (Wildman–Crippen MR) is 87.2 cm³/mol. The van der Waals surface area contributed by atoms with Crippen LogP contribution in [0.2, 0.25) is 0 Å². The molecule has 0 aliphatic carbocycles. The van der Waals surface area contributed by atoms with E-state index in [4.69, 9.17) is 0 Å². The highest BCUT2D eigenvalue weighted by atomic mass is 19.1. The van der Waals surface area contributed by atoms with Gasteiger partial charge < -0.3 is 10.0 Å². The van der Waals surface area contributed by atoms with Gasteiger partial charge in [-0.25, -0.2) is 4.39 Å². The molecule has 0 bridgehead atoms. The van der Waals surface area contributed by atoms with Crippen LogP contribution in [0.4, 0.5) is 4.39 Å². The van der Waals surface area contributed by atoms with Crippen LogP contribution in [-0.4, -0.2) is 30.1 Å². The second-order valence-electron chi connectivity index (χ2n) is 6.39. The van der Waals surface area contributed by atoms with Crippen molar-refractivity contribution in [2.75, 3.05) is 20.1 Å². The van der Waals surface area contributed by atoms with Gasteiger partial charge in [0, 0.05) is 13.1 Å². The maximum absolute atomic E-state index is 13.6.